The van der Waals surface area contributed by atoms with E-state index in [4.69, 9.17) is 14.6 Å². The Bertz CT molecular complexity index is 343. The fourth-order valence-electron chi connectivity index (χ4n) is 2.26. The van der Waals surface area contributed by atoms with Gasteiger partial charge in [-0.05, 0) is 13.3 Å². The quantitative estimate of drug-likeness (QED) is 0.747. The van der Waals surface area contributed by atoms with Gasteiger partial charge in [0, 0.05) is 13.7 Å². The van der Waals surface area contributed by atoms with Gasteiger partial charge in [-0.2, -0.15) is 0 Å². The first-order valence-corrected chi connectivity index (χ1v) is 5.71. The van der Waals surface area contributed by atoms with E-state index in [2.05, 4.69) is 6.58 Å². The van der Waals surface area contributed by atoms with Crippen molar-refractivity contribution in [1.29, 1.82) is 0 Å². The molecule has 1 rings (SSSR count). The highest BCUT2D eigenvalue weighted by molar-refractivity contribution is 5.75. The molecule has 2 unspecified atom stereocenters. The molecule has 1 heterocycles. The Morgan fingerprint density at radius 2 is 2.28 bits per heavy atom. The highest BCUT2D eigenvalue weighted by Gasteiger charge is 2.47. The van der Waals surface area contributed by atoms with Gasteiger partial charge in [-0.25, -0.2) is 4.79 Å². The lowest BCUT2D eigenvalue weighted by atomic mass is 9.95. The van der Waals surface area contributed by atoms with Gasteiger partial charge in [0.25, 0.3) is 0 Å². The van der Waals surface area contributed by atoms with Crippen LogP contribution in [0.1, 0.15) is 13.3 Å². The predicted octanol–water partition coefficient (Wildman–Crippen LogP) is 1.12. The van der Waals surface area contributed by atoms with Crippen LogP contribution in [0.2, 0.25) is 0 Å². The van der Waals surface area contributed by atoms with Crippen LogP contribution in [0.25, 0.3) is 0 Å². The van der Waals surface area contributed by atoms with Crippen LogP contribution in [-0.2, 0) is 14.3 Å². The van der Waals surface area contributed by atoms with E-state index in [0.29, 0.717) is 6.42 Å². The maximum absolute atomic E-state index is 11.9. The number of aliphatic carboxylic acids is 1. The van der Waals surface area contributed by atoms with Gasteiger partial charge in [-0.3, -0.25) is 9.69 Å². The highest BCUT2D eigenvalue weighted by atomic mass is 16.6. The van der Waals surface area contributed by atoms with Crippen LogP contribution in [0.3, 0.4) is 0 Å². The summed E-state index contributed by atoms with van der Waals surface area (Å²) < 4.78 is 10.0. The van der Waals surface area contributed by atoms with E-state index in [9.17, 15) is 9.59 Å². The molecular formula is C12H19NO5. The van der Waals surface area contributed by atoms with Gasteiger partial charge in [0.05, 0.1) is 18.1 Å². The number of hydrogen-bond donors (Lipinski definition) is 1. The Hall–Kier alpha value is -1.56. The average molecular weight is 257 g/mol. The lowest BCUT2D eigenvalue weighted by Crippen LogP contribution is -2.48. The predicted molar refractivity (Wildman–Crippen MR) is 64.3 cm³/mol. The maximum atomic E-state index is 11.9. The van der Waals surface area contributed by atoms with Crippen molar-refractivity contribution in [3.8, 4) is 0 Å². The number of ether oxygens (including phenoxy) is 2. The molecule has 1 saturated heterocycles. The second-order valence-electron chi connectivity index (χ2n) is 4.65. The summed E-state index contributed by atoms with van der Waals surface area (Å²) in [5.41, 5.74) is -0.643. The minimum absolute atomic E-state index is 0.107. The lowest BCUT2D eigenvalue weighted by Gasteiger charge is -2.33. The molecule has 102 valence electrons. The minimum Gasteiger partial charge on any atom is -0.481 e. The van der Waals surface area contributed by atoms with Crippen molar-refractivity contribution in [2.24, 2.45) is 5.92 Å². The zero-order valence-corrected chi connectivity index (χ0v) is 10.7. The molecule has 6 nitrogen and oxygen atoms in total. The van der Waals surface area contributed by atoms with Crippen LogP contribution in [0.15, 0.2) is 12.7 Å². The average Bonchev–Trinajstić information content (AvgIpc) is 2.64. The Morgan fingerprint density at radius 3 is 2.78 bits per heavy atom. The normalized spacial score (nSPS) is 27.0. The molecule has 0 aromatic rings. The molecular weight excluding hydrogens is 238 g/mol. The third-order valence-corrected chi connectivity index (χ3v) is 3.09. The lowest BCUT2D eigenvalue weighted by molar-refractivity contribution is -0.141. The number of likely N-dealkylation sites (tertiary alicyclic amines) is 1. The molecule has 1 N–H and O–H groups in total. The van der Waals surface area contributed by atoms with E-state index in [0.717, 1.165) is 0 Å². The van der Waals surface area contributed by atoms with Crippen LogP contribution in [-0.4, -0.2) is 54.5 Å². The summed E-state index contributed by atoms with van der Waals surface area (Å²) in [7, 11) is 1.52. The first-order valence-electron chi connectivity index (χ1n) is 5.71. The first kappa shape index (κ1) is 14.5. The monoisotopic (exact) mass is 257 g/mol. The fraction of sp³-hybridized carbons (Fsp3) is 0.667. The van der Waals surface area contributed by atoms with Crippen molar-refractivity contribution in [1.82, 2.24) is 4.90 Å². The number of hydrogen-bond acceptors (Lipinski definition) is 4. The summed E-state index contributed by atoms with van der Waals surface area (Å²) in [6.07, 6.45) is 1.30. The second kappa shape index (κ2) is 5.86. The zero-order chi connectivity index (χ0) is 13.8. The number of methoxy groups -OCH3 is 1. The first-order chi connectivity index (χ1) is 8.44. The Balaban J connectivity index is 2.81. The SMILES string of the molecule is C=CCOC(=O)N1CC(C(=O)O)CC1(C)COC. The maximum Gasteiger partial charge on any atom is 0.410 e. The Labute approximate surface area is 106 Å². The van der Waals surface area contributed by atoms with Crippen molar-refractivity contribution in [2.75, 3.05) is 26.9 Å². The van der Waals surface area contributed by atoms with E-state index in [1.54, 1.807) is 6.92 Å². The number of rotatable bonds is 5. The second-order valence-corrected chi connectivity index (χ2v) is 4.65. The summed E-state index contributed by atoms with van der Waals surface area (Å²) in [6, 6.07) is 0. The molecule has 0 aromatic carbocycles. The van der Waals surface area contributed by atoms with Gasteiger partial charge in [0.2, 0.25) is 0 Å². The van der Waals surface area contributed by atoms with Gasteiger partial charge in [-0.15, -0.1) is 0 Å². The van der Waals surface area contributed by atoms with Gasteiger partial charge in [-0.1, -0.05) is 12.7 Å². The molecule has 2 atom stereocenters. The third-order valence-electron chi connectivity index (χ3n) is 3.09. The summed E-state index contributed by atoms with van der Waals surface area (Å²) in [5.74, 6) is -1.49. The molecule has 0 aliphatic carbocycles. The molecule has 0 saturated carbocycles. The number of carbonyl (C=O) groups excluding carboxylic acids is 1. The molecule has 0 radical (unpaired) electrons. The van der Waals surface area contributed by atoms with Gasteiger partial charge in [0.15, 0.2) is 0 Å². The minimum atomic E-state index is -0.906. The van der Waals surface area contributed by atoms with Crippen molar-refractivity contribution in [3.63, 3.8) is 0 Å². The number of carboxylic acid groups (broad SMARTS) is 1. The summed E-state index contributed by atoms with van der Waals surface area (Å²) in [5, 5.41) is 9.05. The van der Waals surface area contributed by atoms with E-state index in [-0.39, 0.29) is 19.8 Å². The van der Waals surface area contributed by atoms with Gasteiger partial charge >= 0.3 is 12.1 Å². The number of carbonyl (C=O) groups is 2. The molecule has 1 fully saturated rings. The standard InChI is InChI=1S/C12H19NO5/c1-4-5-18-11(16)13-7-9(10(14)15)6-12(13,2)8-17-3/h4,9H,1,5-8H2,2-3H3,(H,14,15). The fourth-order valence-corrected chi connectivity index (χ4v) is 2.26. The molecule has 0 aromatic heterocycles. The summed E-state index contributed by atoms with van der Waals surface area (Å²) >= 11 is 0. The zero-order valence-electron chi connectivity index (χ0n) is 10.7. The van der Waals surface area contributed by atoms with Crippen molar-refractivity contribution in [3.05, 3.63) is 12.7 Å². The van der Waals surface area contributed by atoms with Crippen molar-refractivity contribution in [2.45, 2.75) is 18.9 Å². The topological polar surface area (TPSA) is 76.1 Å². The molecule has 0 spiro atoms. The molecule has 0 bridgehead atoms. The van der Waals surface area contributed by atoms with Crippen LogP contribution in [0.5, 0.6) is 0 Å². The molecule has 6 heteroatoms. The smallest absolute Gasteiger partial charge is 0.410 e. The number of amides is 1. The Morgan fingerprint density at radius 1 is 1.61 bits per heavy atom. The molecule has 1 aliphatic rings. The number of nitrogens with zero attached hydrogens (tertiary/aromatic N) is 1. The highest BCUT2D eigenvalue weighted by Crippen LogP contribution is 2.34. The Kier molecular flexibility index (Phi) is 4.72. The van der Waals surface area contributed by atoms with Crippen LogP contribution in [0.4, 0.5) is 4.79 Å². The largest absolute Gasteiger partial charge is 0.481 e. The van der Waals surface area contributed by atoms with E-state index in [1.807, 2.05) is 0 Å². The van der Waals surface area contributed by atoms with E-state index >= 15 is 0 Å². The summed E-state index contributed by atoms with van der Waals surface area (Å²) in [4.78, 5) is 24.3. The molecule has 18 heavy (non-hydrogen) atoms. The summed E-state index contributed by atoms with van der Waals surface area (Å²) in [6.45, 7) is 5.79. The van der Waals surface area contributed by atoms with Gasteiger partial charge < -0.3 is 14.6 Å². The van der Waals surface area contributed by atoms with Crippen LogP contribution < -0.4 is 0 Å². The van der Waals surface area contributed by atoms with Crippen molar-refractivity contribution < 1.29 is 24.2 Å². The van der Waals surface area contributed by atoms with Gasteiger partial charge in [0.1, 0.15) is 6.61 Å². The molecule has 1 aliphatic heterocycles. The van der Waals surface area contributed by atoms with Crippen molar-refractivity contribution >= 4 is 12.1 Å². The van der Waals surface area contributed by atoms with Crippen LogP contribution >= 0.6 is 0 Å². The van der Waals surface area contributed by atoms with Crippen LogP contribution in [0, 0.1) is 5.92 Å². The van der Waals surface area contributed by atoms with E-state index < -0.39 is 23.5 Å². The molecule has 1 amide bonds. The van der Waals surface area contributed by atoms with E-state index in [1.165, 1.54) is 18.1 Å². The third kappa shape index (κ3) is 3.01. The number of carboxylic acids is 1.